The number of ether oxygens (including phenoxy) is 2. The Morgan fingerprint density at radius 3 is 2.69 bits per heavy atom. The lowest BCUT2D eigenvalue weighted by molar-refractivity contribution is -0.384. The Hall–Kier alpha value is -3.13. The molecule has 1 fully saturated rings. The monoisotopic (exact) mass is 399 g/mol. The molecule has 1 N–H and O–H groups in total. The van der Waals surface area contributed by atoms with Crippen molar-refractivity contribution in [2.75, 3.05) is 32.6 Å². The van der Waals surface area contributed by atoms with Crippen molar-refractivity contribution in [3.05, 3.63) is 57.6 Å². The highest BCUT2D eigenvalue weighted by Crippen LogP contribution is 2.38. The molecule has 0 radical (unpaired) electrons. The molecule has 29 heavy (non-hydrogen) atoms. The average molecular weight is 399 g/mol. The van der Waals surface area contributed by atoms with Crippen LogP contribution in [0.4, 0.5) is 11.4 Å². The molecule has 3 rings (SSSR count). The number of carbonyl (C=O) groups is 1. The summed E-state index contributed by atoms with van der Waals surface area (Å²) in [4.78, 5) is 25.2. The second-order valence-corrected chi connectivity index (χ2v) is 7.04. The van der Waals surface area contributed by atoms with E-state index < -0.39 is 4.92 Å². The van der Waals surface area contributed by atoms with Crippen molar-refractivity contribution >= 4 is 17.3 Å². The quantitative estimate of drug-likeness (QED) is 0.564. The third kappa shape index (κ3) is 4.65. The second-order valence-electron chi connectivity index (χ2n) is 7.04. The van der Waals surface area contributed by atoms with Gasteiger partial charge in [-0.25, -0.2) is 0 Å². The first-order valence-electron chi connectivity index (χ1n) is 9.43. The number of nitrogens with one attached hydrogen (secondary N) is 1. The maximum absolute atomic E-state index is 12.6. The number of nitro benzene ring substituents is 1. The average Bonchev–Trinajstić information content (AvgIpc) is 3.16. The Morgan fingerprint density at radius 1 is 1.24 bits per heavy atom. The fourth-order valence-corrected chi connectivity index (χ4v) is 3.74. The van der Waals surface area contributed by atoms with Crippen molar-refractivity contribution in [2.45, 2.75) is 25.8 Å². The minimum atomic E-state index is -0.449. The van der Waals surface area contributed by atoms with Crippen molar-refractivity contribution < 1.29 is 19.2 Å². The SMILES string of the molecule is COc1ccc([C@@H]2CCCN2CC(=O)Nc2ccc([N+](=O)[O-])cc2C)c(OC)c1. The van der Waals surface area contributed by atoms with Crippen LogP contribution in [-0.4, -0.2) is 43.0 Å². The van der Waals surface area contributed by atoms with Crippen LogP contribution >= 0.6 is 0 Å². The number of methoxy groups -OCH3 is 2. The summed E-state index contributed by atoms with van der Waals surface area (Å²) in [6.45, 7) is 2.78. The highest BCUT2D eigenvalue weighted by atomic mass is 16.6. The molecule has 0 aromatic heterocycles. The Kier molecular flexibility index (Phi) is 6.33. The molecular weight excluding hydrogens is 374 g/mol. The lowest BCUT2D eigenvalue weighted by atomic mass is 10.0. The van der Waals surface area contributed by atoms with E-state index >= 15 is 0 Å². The zero-order valence-corrected chi connectivity index (χ0v) is 16.8. The van der Waals surface area contributed by atoms with Crippen LogP contribution in [0.5, 0.6) is 11.5 Å². The van der Waals surface area contributed by atoms with Crippen molar-refractivity contribution in [2.24, 2.45) is 0 Å². The van der Waals surface area contributed by atoms with Crippen LogP contribution in [0.1, 0.15) is 30.0 Å². The first kappa shape index (κ1) is 20.6. The minimum absolute atomic E-state index is 0.00621. The van der Waals surface area contributed by atoms with Crippen LogP contribution in [0.25, 0.3) is 0 Å². The van der Waals surface area contributed by atoms with Crippen molar-refractivity contribution in [3.63, 3.8) is 0 Å². The lowest BCUT2D eigenvalue weighted by Crippen LogP contribution is -2.33. The van der Waals surface area contributed by atoms with Gasteiger partial charge in [-0.2, -0.15) is 0 Å². The molecule has 0 aliphatic carbocycles. The molecule has 1 atom stereocenters. The van der Waals surface area contributed by atoms with E-state index in [1.54, 1.807) is 27.2 Å². The standard InChI is InChI=1S/C21H25N3O5/c1-14-11-15(24(26)27)6-9-18(14)22-21(25)13-23-10-4-5-19(23)17-8-7-16(28-2)12-20(17)29-3/h6-9,11-12,19H,4-5,10,13H2,1-3H3,(H,22,25)/t19-/m0/s1. The number of rotatable bonds is 7. The Morgan fingerprint density at radius 2 is 2.03 bits per heavy atom. The summed E-state index contributed by atoms with van der Waals surface area (Å²) in [6, 6.07) is 10.2. The number of amides is 1. The van der Waals surface area contributed by atoms with Gasteiger partial charge in [0.2, 0.25) is 5.91 Å². The van der Waals surface area contributed by atoms with E-state index in [-0.39, 0.29) is 24.2 Å². The molecule has 1 aliphatic rings. The summed E-state index contributed by atoms with van der Waals surface area (Å²) in [6.07, 6.45) is 1.93. The van der Waals surface area contributed by atoms with E-state index in [1.165, 1.54) is 12.1 Å². The van der Waals surface area contributed by atoms with E-state index in [9.17, 15) is 14.9 Å². The van der Waals surface area contributed by atoms with Crippen molar-refractivity contribution in [1.82, 2.24) is 4.90 Å². The molecule has 1 amide bonds. The second kappa shape index (κ2) is 8.91. The van der Waals surface area contributed by atoms with E-state index in [4.69, 9.17) is 9.47 Å². The Bertz CT molecular complexity index is 915. The van der Waals surface area contributed by atoms with E-state index in [2.05, 4.69) is 10.2 Å². The van der Waals surface area contributed by atoms with Gasteiger partial charge in [0.25, 0.3) is 5.69 Å². The maximum atomic E-state index is 12.6. The van der Waals surface area contributed by atoms with Crippen LogP contribution < -0.4 is 14.8 Å². The number of nitro groups is 1. The van der Waals surface area contributed by atoms with Gasteiger partial charge in [-0.1, -0.05) is 6.07 Å². The summed E-state index contributed by atoms with van der Waals surface area (Å²) in [5.41, 5.74) is 2.28. The summed E-state index contributed by atoms with van der Waals surface area (Å²) in [5, 5.41) is 13.7. The van der Waals surface area contributed by atoms with Crippen LogP contribution in [-0.2, 0) is 4.79 Å². The maximum Gasteiger partial charge on any atom is 0.269 e. The molecule has 1 saturated heterocycles. The van der Waals surface area contributed by atoms with Gasteiger partial charge in [-0.15, -0.1) is 0 Å². The number of carbonyl (C=O) groups excluding carboxylic acids is 1. The molecule has 0 spiro atoms. The molecule has 8 heteroatoms. The van der Waals surface area contributed by atoms with Gasteiger partial charge in [0, 0.05) is 35.5 Å². The van der Waals surface area contributed by atoms with Crippen LogP contribution in [0.3, 0.4) is 0 Å². The highest BCUT2D eigenvalue weighted by Gasteiger charge is 2.30. The number of nitrogens with zero attached hydrogens (tertiary/aromatic N) is 2. The van der Waals surface area contributed by atoms with Gasteiger partial charge >= 0.3 is 0 Å². The Labute approximate surface area is 169 Å². The lowest BCUT2D eigenvalue weighted by Gasteiger charge is -2.26. The predicted molar refractivity (Wildman–Crippen MR) is 110 cm³/mol. The van der Waals surface area contributed by atoms with Crippen LogP contribution in [0, 0.1) is 17.0 Å². The van der Waals surface area contributed by atoms with E-state index in [0.29, 0.717) is 11.3 Å². The van der Waals surface area contributed by atoms with Crippen molar-refractivity contribution in [3.8, 4) is 11.5 Å². The minimum Gasteiger partial charge on any atom is -0.497 e. The molecular formula is C21H25N3O5. The normalized spacial score (nSPS) is 16.4. The highest BCUT2D eigenvalue weighted by molar-refractivity contribution is 5.93. The molecule has 8 nitrogen and oxygen atoms in total. The molecule has 0 saturated carbocycles. The van der Waals surface area contributed by atoms with Gasteiger partial charge in [-0.05, 0) is 44.0 Å². The number of likely N-dealkylation sites (tertiary alicyclic amines) is 1. The van der Waals surface area contributed by atoms with E-state index in [0.717, 1.165) is 36.4 Å². The summed E-state index contributed by atoms with van der Waals surface area (Å²) >= 11 is 0. The summed E-state index contributed by atoms with van der Waals surface area (Å²) < 4.78 is 10.8. The Balaban J connectivity index is 1.71. The number of non-ortho nitro benzene ring substituents is 1. The number of anilines is 1. The van der Waals surface area contributed by atoms with Gasteiger partial charge in [0.05, 0.1) is 25.7 Å². The number of benzene rings is 2. The third-order valence-electron chi connectivity index (χ3n) is 5.20. The summed E-state index contributed by atoms with van der Waals surface area (Å²) in [5.74, 6) is 1.32. The molecule has 1 heterocycles. The largest absolute Gasteiger partial charge is 0.497 e. The summed E-state index contributed by atoms with van der Waals surface area (Å²) in [7, 11) is 3.24. The van der Waals surface area contributed by atoms with Gasteiger partial charge in [0.15, 0.2) is 0 Å². The third-order valence-corrected chi connectivity index (χ3v) is 5.20. The van der Waals surface area contributed by atoms with Crippen LogP contribution in [0.15, 0.2) is 36.4 Å². The van der Waals surface area contributed by atoms with Crippen molar-refractivity contribution in [1.29, 1.82) is 0 Å². The topological polar surface area (TPSA) is 93.9 Å². The fourth-order valence-electron chi connectivity index (χ4n) is 3.74. The smallest absolute Gasteiger partial charge is 0.269 e. The zero-order chi connectivity index (χ0) is 21.0. The van der Waals surface area contributed by atoms with Crippen LogP contribution in [0.2, 0.25) is 0 Å². The first-order valence-corrected chi connectivity index (χ1v) is 9.43. The molecule has 0 unspecified atom stereocenters. The fraction of sp³-hybridized carbons (Fsp3) is 0.381. The molecule has 0 bridgehead atoms. The first-order chi connectivity index (χ1) is 13.9. The molecule has 1 aliphatic heterocycles. The molecule has 2 aromatic carbocycles. The zero-order valence-electron chi connectivity index (χ0n) is 16.8. The molecule has 154 valence electrons. The molecule has 2 aromatic rings. The van der Waals surface area contributed by atoms with Gasteiger partial charge in [-0.3, -0.25) is 19.8 Å². The number of hydrogen-bond donors (Lipinski definition) is 1. The van der Waals surface area contributed by atoms with Gasteiger partial charge < -0.3 is 14.8 Å². The van der Waals surface area contributed by atoms with Gasteiger partial charge in [0.1, 0.15) is 11.5 Å². The predicted octanol–water partition coefficient (Wildman–Crippen LogP) is 3.70. The van der Waals surface area contributed by atoms with E-state index in [1.807, 2.05) is 18.2 Å². The number of aryl methyl sites for hydroxylation is 1. The number of hydrogen-bond acceptors (Lipinski definition) is 6.